The molecule has 108 valence electrons. The smallest absolute Gasteiger partial charge is 0.0954 e. The third-order valence-corrected chi connectivity index (χ3v) is 5.03. The molecule has 0 aromatic carbocycles. The highest BCUT2D eigenvalue weighted by molar-refractivity contribution is 7.09. The van der Waals surface area contributed by atoms with Crippen LogP contribution in [0.3, 0.4) is 0 Å². The van der Waals surface area contributed by atoms with E-state index in [4.69, 9.17) is 4.98 Å². The van der Waals surface area contributed by atoms with Crippen LogP contribution in [0.1, 0.15) is 50.2 Å². The largest absolute Gasteiger partial charge is 0.317 e. The van der Waals surface area contributed by atoms with E-state index in [2.05, 4.69) is 36.4 Å². The van der Waals surface area contributed by atoms with Crippen molar-refractivity contribution in [3.05, 3.63) is 16.1 Å². The predicted octanol–water partition coefficient (Wildman–Crippen LogP) is 3.09. The minimum atomic E-state index is 0.560. The number of nitrogens with zero attached hydrogens (tertiary/aromatic N) is 2. The fraction of sp³-hybridized carbons (Fsp3) is 0.800. The summed E-state index contributed by atoms with van der Waals surface area (Å²) in [5.74, 6) is 1.43. The second-order valence-electron chi connectivity index (χ2n) is 5.86. The van der Waals surface area contributed by atoms with Crippen molar-refractivity contribution in [1.29, 1.82) is 0 Å². The first-order valence-corrected chi connectivity index (χ1v) is 8.44. The SMILES string of the molecule is CCNCC1CCN(Cc2csc(C(C)C)n2)CC1. The molecule has 2 rings (SSSR count). The van der Waals surface area contributed by atoms with Crippen LogP contribution >= 0.6 is 11.3 Å². The van der Waals surface area contributed by atoms with E-state index < -0.39 is 0 Å². The number of aromatic nitrogens is 1. The zero-order chi connectivity index (χ0) is 13.7. The van der Waals surface area contributed by atoms with Gasteiger partial charge in [0.1, 0.15) is 0 Å². The van der Waals surface area contributed by atoms with Gasteiger partial charge in [-0.15, -0.1) is 11.3 Å². The third-order valence-electron chi connectivity index (χ3n) is 3.84. The van der Waals surface area contributed by atoms with Crippen LogP contribution in [-0.4, -0.2) is 36.1 Å². The van der Waals surface area contributed by atoms with E-state index in [1.165, 1.54) is 43.2 Å². The monoisotopic (exact) mass is 281 g/mol. The Morgan fingerprint density at radius 2 is 2.16 bits per heavy atom. The predicted molar refractivity (Wildman–Crippen MR) is 82.7 cm³/mol. The molecule has 0 spiro atoms. The summed E-state index contributed by atoms with van der Waals surface area (Å²) in [4.78, 5) is 7.29. The van der Waals surface area contributed by atoms with Crippen LogP contribution in [0.2, 0.25) is 0 Å². The molecule has 1 aliphatic heterocycles. The van der Waals surface area contributed by atoms with Crippen LogP contribution < -0.4 is 5.32 Å². The first-order chi connectivity index (χ1) is 9.19. The lowest BCUT2D eigenvalue weighted by atomic mass is 9.97. The van der Waals surface area contributed by atoms with Gasteiger partial charge in [0.05, 0.1) is 10.7 Å². The van der Waals surface area contributed by atoms with Crippen molar-refractivity contribution in [2.75, 3.05) is 26.2 Å². The van der Waals surface area contributed by atoms with E-state index in [1.807, 2.05) is 11.3 Å². The summed E-state index contributed by atoms with van der Waals surface area (Å²) in [6.45, 7) is 12.4. The molecule has 0 unspecified atom stereocenters. The van der Waals surface area contributed by atoms with Gasteiger partial charge in [-0.25, -0.2) is 4.98 Å². The summed E-state index contributed by atoms with van der Waals surface area (Å²) >= 11 is 1.81. The van der Waals surface area contributed by atoms with Crippen LogP contribution in [0.4, 0.5) is 0 Å². The molecular formula is C15H27N3S. The molecule has 0 saturated carbocycles. The maximum absolute atomic E-state index is 4.74. The van der Waals surface area contributed by atoms with Gasteiger partial charge in [0.2, 0.25) is 0 Å². The molecular weight excluding hydrogens is 254 g/mol. The summed E-state index contributed by atoms with van der Waals surface area (Å²) in [7, 11) is 0. The summed E-state index contributed by atoms with van der Waals surface area (Å²) < 4.78 is 0. The Hall–Kier alpha value is -0.450. The Morgan fingerprint density at radius 3 is 2.74 bits per heavy atom. The lowest BCUT2D eigenvalue weighted by Crippen LogP contribution is -2.36. The van der Waals surface area contributed by atoms with Gasteiger partial charge in [-0.05, 0) is 44.9 Å². The van der Waals surface area contributed by atoms with Crippen molar-refractivity contribution in [3.63, 3.8) is 0 Å². The van der Waals surface area contributed by atoms with Crippen molar-refractivity contribution < 1.29 is 0 Å². The number of thiazole rings is 1. The van der Waals surface area contributed by atoms with E-state index in [0.29, 0.717) is 5.92 Å². The Bertz CT molecular complexity index is 367. The molecule has 19 heavy (non-hydrogen) atoms. The molecule has 0 aliphatic carbocycles. The van der Waals surface area contributed by atoms with Crippen LogP contribution in [0.5, 0.6) is 0 Å². The van der Waals surface area contributed by atoms with Crippen molar-refractivity contribution in [3.8, 4) is 0 Å². The molecule has 4 heteroatoms. The van der Waals surface area contributed by atoms with E-state index in [1.54, 1.807) is 0 Å². The van der Waals surface area contributed by atoms with E-state index in [9.17, 15) is 0 Å². The van der Waals surface area contributed by atoms with Gasteiger partial charge in [-0.1, -0.05) is 20.8 Å². The molecule has 2 heterocycles. The minimum absolute atomic E-state index is 0.560. The van der Waals surface area contributed by atoms with Crippen molar-refractivity contribution in [1.82, 2.24) is 15.2 Å². The van der Waals surface area contributed by atoms with Crippen molar-refractivity contribution >= 4 is 11.3 Å². The molecule has 0 amide bonds. The van der Waals surface area contributed by atoms with Gasteiger partial charge in [0.15, 0.2) is 0 Å². The lowest BCUT2D eigenvalue weighted by Gasteiger charge is -2.31. The van der Waals surface area contributed by atoms with Crippen LogP contribution in [0.15, 0.2) is 5.38 Å². The van der Waals surface area contributed by atoms with Gasteiger partial charge in [-0.3, -0.25) is 4.90 Å². The molecule has 0 radical (unpaired) electrons. The standard InChI is InChI=1S/C15H27N3S/c1-4-16-9-13-5-7-18(8-6-13)10-14-11-19-15(17-14)12(2)3/h11-13,16H,4-10H2,1-3H3. The number of nitrogens with one attached hydrogen (secondary N) is 1. The molecule has 1 aliphatic rings. The second-order valence-corrected chi connectivity index (χ2v) is 6.75. The highest BCUT2D eigenvalue weighted by atomic mass is 32.1. The Morgan fingerprint density at radius 1 is 1.42 bits per heavy atom. The Labute approximate surface area is 121 Å². The maximum Gasteiger partial charge on any atom is 0.0954 e. The fourth-order valence-corrected chi connectivity index (χ4v) is 3.41. The van der Waals surface area contributed by atoms with E-state index in [-0.39, 0.29) is 0 Å². The number of piperidine rings is 1. The van der Waals surface area contributed by atoms with Crippen LogP contribution in [0.25, 0.3) is 0 Å². The fourth-order valence-electron chi connectivity index (χ4n) is 2.59. The molecule has 1 N–H and O–H groups in total. The molecule has 0 atom stereocenters. The second kappa shape index (κ2) is 7.36. The summed E-state index contributed by atoms with van der Waals surface area (Å²) in [5.41, 5.74) is 1.26. The average Bonchev–Trinajstić information content (AvgIpc) is 2.87. The first-order valence-electron chi connectivity index (χ1n) is 7.56. The molecule has 1 aromatic heterocycles. The zero-order valence-electron chi connectivity index (χ0n) is 12.5. The molecule has 1 fully saturated rings. The van der Waals surface area contributed by atoms with Gasteiger partial charge in [0.25, 0.3) is 0 Å². The quantitative estimate of drug-likeness (QED) is 0.868. The topological polar surface area (TPSA) is 28.2 Å². The molecule has 3 nitrogen and oxygen atoms in total. The average molecular weight is 281 g/mol. The van der Waals surface area contributed by atoms with Gasteiger partial charge in [-0.2, -0.15) is 0 Å². The van der Waals surface area contributed by atoms with Gasteiger partial charge in [0, 0.05) is 17.8 Å². The number of hydrogen-bond acceptors (Lipinski definition) is 4. The number of likely N-dealkylation sites (tertiary alicyclic amines) is 1. The van der Waals surface area contributed by atoms with Crippen LogP contribution in [0, 0.1) is 5.92 Å². The van der Waals surface area contributed by atoms with Gasteiger partial charge >= 0.3 is 0 Å². The third kappa shape index (κ3) is 4.55. The Kier molecular flexibility index (Phi) is 5.79. The lowest BCUT2D eigenvalue weighted by molar-refractivity contribution is 0.174. The number of hydrogen-bond donors (Lipinski definition) is 1. The van der Waals surface area contributed by atoms with E-state index in [0.717, 1.165) is 19.0 Å². The highest BCUT2D eigenvalue weighted by Gasteiger charge is 2.19. The highest BCUT2D eigenvalue weighted by Crippen LogP contribution is 2.22. The summed E-state index contributed by atoms with van der Waals surface area (Å²) in [6, 6.07) is 0. The van der Waals surface area contributed by atoms with Crippen LogP contribution in [-0.2, 0) is 6.54 Å². The first kappa shape index (κ1) is 14.9. The maximum atomic E-state index is 4.74. The number of rotatable bonds is 6. The normalized spacial score (nSPS) is 18.3. The Balaban J connectivity index is 1.75. The van der Waals surface area contributed by atoms with Crippen molar-refractivity contribution in [2.24, 2.45) is 5.92 Å². The molecule has 1 aromatic rings. The summed E-state index contributed by atoms with van der Waals surface area (Å²) in [5, 5.41) is 6.98. The van der Waals surface area contributed by atoms with Crippen molar-refractivity contribution in [2.45, 2.75) is 46.1 Å². The van der Waals surface area contributed by atoms with Gasteiger partial charge < -0.3 is 5.32 Å². The molecule has 1 saturated heterocycles. The zero-order valence-corrected chi connectivity index (χ0v) is 13.3. The summed E-state index contributed by atoms with van der Waals surface area (Å²) in [6.07, 6.45) is 2.66. The molecule has 0 bridgehead atoms. The minimum Gasteiger partial charge on any atom is -0.317 e. The van der Waals surface area contributed by atoms with E-state index >= 15 is 0 Å².